The molecular weight excluding hydrogens is 610 g/mol. The van der Waals surface area contributed by atoms with E-state index in [2.05, 4.69) is 32.4 Å². The number of hydrogen-bond acceptors (Lipinski definition) is 9. The largest absolute Gasteiger partial charge is 0.508 e. The van der Waals surface area contributed by atoms with E-state index < -0.39 is 5.60 Å². The molecule has 11 heteroatoms. The Kier molecular flexibility index (Phi) is 11.0. The number of carbonyl (C=O) groups excluding carboxylic acids is 2. The Bertz CT molecular complexity index is 1560. The fourth-order valence-electron chi connectivity index (χ4n) is 6.53. The van der Waals surface area contributed by atoms with Gasteiger partial charge in [0.1, 0.15) is 17.1 Å². The Morgan fingerprint density at radius 3 is 2.23 bits per heavy atom. The molecule has 0 radical (unpaired) electrons. The molecule has 3 heterocycles. The van der Waals surface area contributed by atoms with Crippen LogP contribution in [0, 0.1) is 5.92 Å². The molecule has 0 spiro atoms. The van der Waals surface area contributed by atoms with Crippen molar-refractivity contribution in [3.8, 4) is 33.9 Å². The predicted molar refractivity (Wildman–Crippen MR) is 185 cm³/mol. The summed E-state index contributed by atoms with van der Waals surface area (Å²) in [6, 6.07) is 11.1. The second-order valence-electron chi connectivity index (χ2n) is 14.4. The number of carbonyl (C=O) groups is 2. The lowest BCUT2D eigenvalue weighted by molar-refractivity contribution is 0.0159. The number of amides is 2. The summed E-state index contributed by atoms with van der Waals surface area (Å²) in [6.07, 6.45) is 1.81. The van der Waals surface area contributed by atoms with Gasteiger partial charge in [0.15, 0.2) is 11.5 Å². The molecule has 0 bridgehead atoms. The van der Waals surface area contributed by atoms with Crippen molar-refractivity contribution in [2.24, 2.45) is 5.92 Å². The van der Waals surface area contributed by atoms with E-state index in [4.69, 9.17) is 9.26 Å². The number of rotatable bonds is 9. The van der Waals surface area contributed by atoms with Gasteiger partial charge in [0, 0.05) is 65.0 Å². The number of nitrogens with one attached hydrogen (secondary N) is 1. The molecule has 0 unspecified atom stereocenters. The zero-order valence-electron chi connectivity index (χ0n) is 29.2. The molecule has 48 heavy (non-hydrogen) atoms. The quantitative estimate of drug-likeness (QED) is 0.251. The Labute approximate surface area is 283 Å². The highest BCUT2D eigenvalue weighted by Gasteiger charge is 2.30. The summed E-state index contributed by atoms with van der Waals surface area (Å²) in [4.78, 5) is 32.3. The topological polar surface area (TPSA) is 132 Å². The third-order valence-corrected chi connectivity index (χ3v) is 9.15. The van der Waals surface area contributed by atoms with Gasteiger partial charge in [-0.25, -0.2) is 4.79 Å². The van der Waals surface area contributed by atoms with E-state index in [9.17, 15) is 19.8 Å². The summed E-state index contributed by atoms with van der Waals surface area (Å²) in [5.41, 5.74) is 3.10. The lowest BCUT2D eigenvalue weighted by atomic mass is 9.94. The first-order chi connectivity index (χ1) is 22.8. The first-order valence-electron chi connectivity index (χ1n) is 17.2. The molecule has 2 fully saturated rings. The van der Waals surface area contributed by atoms with E-state index in [1.54, 1.807) is 6.07 Å². The van der Waals surface area contributed by atoms with Crippen LogP contribution in [0.5, 0.6) is 11.5 Å². The van der Waals surface area contributed by atoms with Crippen LogP contribution in [0.25, 0.3) is 22.5 Å². The van der Waals surface area contributed by atoms with Gasteiger partial charge < -0.3 is 34.6 Å². The Morgan fingerprint density at radius 1 is 0.979 bits per heavy atom. The molecule has 3 N–H and O–H groups in total. The SMILES string of the molecule is CCNC(=O)c1noc(-c2cc(C(C)C)c(O)cc2O)c1-c1ccc(CN2CCN(CC3CCN(C(=O)OC(C)(C)C)CC3)CC2)cc1. The molecule has 2 amide bonds. The van der Waals surface area contributed by atoms with Crippen LogP contribution in [0.3, 0.4) is 0 Å². The number of ether oxygens (including phenoxy) is 1. The predicted octanol–water partition coefficient (Wildman–Crippen LogP) is 6.06. The Hall–Kier alpha value is -4.09. The molecule has 0 atom stereocenters. The molecule has 5 rings (SSSR count). The minimum absolute atomic E-state index is 0.00192. The van der Waals surface area contributed by atoms with E-state index >= 15 is 0 Å². The van der Waals surface area contributed by atoms with Gasteiger partial charge in [0.05, 0.1) is 11.1 Å². The number of nitrogens with zero attached hydrogens (tertiary/aromatic N) is 4. The number of phenols is 2. The highest BCUT2D eigenvalue weighted by Crippen LogP contribution is 2.43. The fourth-order valence-corrected chi connectivity index (χ4v) is 6.53. The van der Waals surface area contributed by atoms with E-state index in [-0.39, 0.29) is 40.9 Å². The number of aromatic nitrogens is 1. The summed E-state index contributed by atoms with van der Waals surface area (Å²) < 4.78 is 11.3. The Morgan fingerprint density at radius 2 is 1.62 bits per heavy atom. The van der Waals surface area contributed by atoms with Crippen molar-refractivity contribution in [3.05, 3.63) is 53.2 Å². The first kappa shape index (κ1) is 35.2. The minimum Gasteiger partial charge on any atom is -0.508 e. The van der Waals surface area contributed by atoms with E-state index in [1.807, 2.05) is 58.6 Å². The summed E-state index contributed by atoms with van der Waals surface area (Å²) in [7, 11) is 0. The molecular formula is C37H51N5O6. The monoisotopic (exact) mass is 661 g/mol. The highest BCUT2D eigenvalue weighted by molar-refractivity contribution is 6.02. The number of likely N-dealkylation sites (tertiary alicyclic amines) is 1. The lowest BCUT2D eigenvalue weighted by Crippen LogP contribution is -2.49. The third kappa shape index (κ3) is 8.49. The summed E-state index contributed by atoms with van der Waals surface area (Å²) in [5.74, 6) is 0.356. The number of phenolic OH excluding ortho intramolecular Hbond substituents is 2. The molecule has 0 aliphatic carbocycles. The highest BCUT2D eigenvalue weighted by atomic mass is 16.6. The van der Waals surface area contributed by atoms with Crippen molar-refractivity contribution >= 4 is 12.0 Å². The molecule has 0 saturated carbocycles. The average molecular weight is 662 g/mol. The van der Waals surface area contributed by atoms with Gasteiger partial charge in [-0.15, -0.1) is 0 Å². The van der Waals surface area contributed by atoms with Crippen LogP contribution in [0.2, 0.25) is 0 Å². The van der Waals surface area contributed by atoms with Crippen molar-refractivity contribution in [3.63, 3.8) is 0 Å². The van der Waals surface area contributed by atoms with Crippen LogP contribution in [-0.2, 0) is 11.3 Å². The van der Waals surface area contributed by atoms with E-state index in [1.165, 1.54) is 6.07 Å². The van der Waals surface area contributed by atoms with Gasteiger partial charge in [-0.05, 0) is 75.1 Å². The minimum atomic E-state index is -0.468. The molecule has 11 nitrogen and oxygen atoms in total. The van der Waals surface area contributed by atoms with Gasteiger partial charge in [0.25, 0.3) is 5.91 Å². The Balaban J connectivity index is 1.21. The van der Waals surface area contributed by atoms with Crippen LogP contribution >= 0.6 is 0 Å². The molecule has 2 aliphatic rings. The summed E-state index contributed by atoms with van der Waals surface area (Å²) >= 11 is 0. The van der Waals surface area contributed by atoms with Gasteiger partial charge in [-0.1, -0.05) is 43.3 Å². The standard InChI is InChI=1S/C37H51N5O6/c1-7-38-35(45)33-32(34(48-39-33)29-20-28(24(2)3)30(43)21-31(29)44)27-10-8-25(9-11-27)22-40-16-18-41(19-17-40)23-26-12-14-42(15-13-26)36(46)47-37(4,5)6/h8-11,20-21,24,26,43-44H,7,12-19,22-23H2,1-6H3,(H,38,45). The third-order valence-electron chi connectivity index (χ3n) is 9.15. The van der Waals surface area contributed by atoms with Gasteiger partial charge in [-0.3, -0.25) is 9.69 Å². The van der Waals surface area contributed by atoms with Crippen LogP contribution in [-0.4, -0.2) is 100 Å². The van der Waals surface area contributed by atoms with Crippen LogP contribution < -0.4 is 5.32 Å². The smallest absolute Gasteiger partial charge is 0.410 e. The van der Waals surface area contributed by atoms with Crippen molar-refractivity contribution in [1.82, 2.24) is 25.2 Å². The second kappa shape index (κ2) is 15.0. The zero-order valence-corrected chi connectivity index (χ0v) is 29.2. The van der Waals surface area contributed by atoms with Crippen LogP contribution in [0.15, 0.2) is 40.9 Å². The number of benzene rings is 2. The van der Waals surface area contributed by atoms with Crippen molar-refractivity contribution in [2.45, 2.75) is 72.4 Å². The van der Waals surface area contributed by atoms with Gasteiger partial charge in [0.2, 0.25) is 0 Å². The number of hydrogen-bond donors (Lipinski definition) is 3. The molecule has 2 aliphatic heterocycles. The normalized spacial score (nSPS) is 16.8. The number of piperazine rings is 1. The van der Waals surface area contributed by atoms with Crippen molar-refractivity contribution in [1.29, 1.82) is 0 Å². The number of aromatic hydroxyl groups is 2. The van der Waals surface area contributed by atoms with Gasteiger partial charge in [-0.2, -0.15) is 0 Å². The maximum atomic E-state index is 13.0. The van der Waals surface area contributed by atoms with Gasteiger partial charge >= 0.3 is 6.09 Å². The molecule has 3 aromatic rings. The fraction of sp³-hybridized carbons (Fsp3) is 0.541. The van der Waals surface area contributed by atoms with Crippen molar-refractivity contribution in [2.75, 3.05) is 52.4 Å². The van der Waals surface area contributed by atoms with Crippen LogP contribution in [0.1, 0.15) is 81.9 Å². The molecule has 1 aromatic heterocycles. The maximum Gasteiger partial charge on any atom is 0.410 e. The molecule has 2 aromatic carbocycles. The van der Waals surface area contributed by atoms with Crippen LogP contribution in [0.4, 0.5) is 4.79 Å². The lowest BCUT2D eigenvalue weighted by Gasteiger charge is -2.39. The number of piperidine rings is 1. The first-order valence-corrected chi connectivity index (χ1v) is 17.2. The van der Waals surface area contributed by atoms with E-state index in [0.29, 0.717) is 29.2 Å². The maximum absolute atomic E-state index is 13.0. The zero-order chi connectivity index (χ0) is 34.6. The average Bonchev–Trinajstić information content (AvgIpc) is 3.47. The molecule has 2 saturated heterocycles. The van der Waals surface area contributed by atoms with Crippen molar-refractivity contribution < 1.29 is 29.1 Å². The summed E-state index contributed by atoms with van der Waals surface area (Å²) in [6.45, 7) is 19.3. The van der Waals surface area contributed by atoms with E-state index in [0.717, 1.165) is 76.3 Å². The summed E-state index contributed by atoms with van der Waals surface area (Å²) in [5, 5.41) is 28.1. The molecule has 260 valence electrons. The second-order valence-corrected chi connectivity index (χ2v) is 14.4.